The summed E-state index contributed by atoms with van der Waals surface area (Å²) in [6.07, 6.45) is 3.53. The zero-order valence-corrected chi connectivity index (χ0v) is 23.6. The van der Waals surface area contributed by atoms with E-state index in [1.807, 2.05) is 54.6 Å². The number of anilines is 5. The van der Waals surface area contributed by atoms with Crippen molar-refractivity contribution in [3.63, 3.8) is 0 Å². The Balaban J connectivity index is 1.18. The smallest absolute Gasteiger partial charge is 0.259 e. The molecule has 6 rings (SSSR count). The third-order valence-electron chi connectivity index (χ3n) is 7.36. The number of carbonyl (C=O) groups is 1. The van der Waals surface area contributed by atoms with Crippen molar-refractivity contribution >= 4 is 44.8 Å². The summed E-state index contributed by atoms with van der Waals surface area (Å²) in [7, 11) is 3.25. The number of benzene rings is 2. The van der Waals surface area contributed by atoms with E-state index in [4.69, 9.17) is 9.47 Å². The lowest BCUT2D eigenvalue weighted by Gasteiger charge is -2.40. The summed E-state index contributed by atoms with van der Waals surface area (Å²) in [5, 5.41) is 20.9. The van der Waals surface area contributed by atoms with Gasteiger partial charge in [0.1, 0.15) is 0 Å². The van der Waals surface area contributed by atoms with E-state index in [9.17, 15) is 4.79 Å². The van der Waals surface area contributed by atoms with Gasteiger partial charge in [0, 0.05) is 51.8 Å². The molecule has 1 N–H and O–H groups in total. The van der Waals surface area contributed by atoms with Crippen LogP contribution >= 0.6 is 11.3 Å². The van der Waals surface area contributed by atoms with Crippen LogP contribution in [0.25, 0.3) is 0 Å². The number of rotatable bonds is 10. The van der Waals surface area contributed by atoms with Crippen LogP contribution in [0.5, 0.6) is 0 Å². The van der Waals surface area contributed by atoms with Gasteiger partial charge < -0.3 is 24.2 Å². The maximum Gasteiger partial charge on any atom is 0.259 e. The standard InChI is InChI=1S/C28H31N9O3S/c1-39-23-17-36(18-23)21-10-6-7-19(15-21)24(40-2)25(38)31-27-33-34-28(41-27)37(20-8-4-3-5-9-20)22-11-14-35(16-22)26-29-12-13-30-32-26/h3-10,12-13,15,22-24H,11,14,16-18H2,1-2H3,(H,31,33,38)/t22-,24-/m1/s1. The number of amides is 1. The minimum absolute atomic E-state index is 0.103. The fourth-order valence-corrected chi connectivity index (χ4v) is 6.04. The van der Waals surface area contributed by atoms with Crippen LogP contribution in [0.15, 0.2) is 67.0 Å². The second-order valence-electron chi connectivity index (χ2n) is 9.89. The Hall–Kier alpha value is -4.20. The molecule has 41 heavy (non-hydrogen) atoms. The maximum atomic E-state index is 13.3. The van der Waals surface area contributed by atoms with Crippen LogP contribution in [0.4, 0.5) is 27.6 Å². The van der Waals surface area contributed by atoms with Crippen LogP contribution in [-0.2, 0) is 14.3 Å². The molecule has 0 radical (unpaired) electrons. The fourth-order valence-electron chi connectivity index (χ4n) is 5.20. The molecule has 2 aliphatic rings. The molecule has 13 heteroatoms. The lowest BCUT2D eigenvalue weighted by Crippen LogP contribution is -2.51. The van der Waals surface area contributed by atoms with Crippen molar-refractivity contribution in [3.05, 3.63) is 72.6 Å². The van der Waals surface area contributed by atoms with Crippen LogP contribution in [0.2, 0.25) is 0 Å². The molecule has 0 bridgehead atoms. The Kier molecular flexibility index (Phi) is 7.98. The predicted molar refractivity (Wildman–Crippen MR) is 157 cm³/mol. The lowest BCUT2D eigenvalue weighted by molar-refractivity contribution is -0.126. The summed E-state index contributed by atoms with van der Waals surface area (Å²) >= 11 is 1.33. The highest BCUT2D eigenvalue weighted by Crippen LogP contribution is 2.36. The number of methoxy groups -OCH3 is 2. The van der Waals surface area contributed by atoms with Gasteiger partial charge in [0.25, 0.3) is 5.91 Å². The number of carbonyl (C=O) groups excluding carboxylic acids is 1. The van der Waals surface area contributed by atoms with Crippen molar-refractivity contribution in [2.75, 3.05) is 60.4 Å². The predicted octanol–water partition coefficient (Wildman–Crippen LogP) is 3.30. The number of ether oxygens (including phenoxy) is 2. The van der Waals surface area contributed by atoms with Gasteiger partial charge in [0.15, 0.2) is 6.10 Å². The number of aromatic nitrogens is 5. The van der Waals surface area contributed by atoms with Gasteiger partial charge in [0.2, 0.25) is 16.2 Å². The van der Waals surface area contributed by atoms with Crippen LogP contribution in [0, 0.1) is 0 Å². The van der Waals surface area contributed by atoms with E-state index in [1.54, 1.807) is 19.5 Å². The van der Waals surface area contributed by atoms with Crippen LogP contribution in [-0.4, -0.2) is 83.8 Å². The molecule has 212 valence electrons. The Morgan fingerprint density at radius 3 is 2.63 bits per heavy atom. The molecule has 2 saturated heterocycles. The molecule has 4 heterocycles. The molecule has 2 aliphatic heterocycles. The molecule has 0 saturated carbocycles. The summed E-state index contributed by atoms with van der Waals surface area (Å²) in [6.45, 7) is 3.14. The molecule has 0 unspecified atom stereocenters. The first kappa shape index (κ1) is 27.0. The van der Waals surface area contributed by atoms with Crippen molar-refractivity contribution in [2.45, 2.75) is 24.7 Å². The number of nitrogens with one attached hydrogen (secondary N) is 1. The number of nitrogens with zero attached hydrogens (tertiary/aromatic N) is 8. The van der Waals surface area contributed by atoms with E-state index in [-0.39, 0.29) is 18.1 Å². The summed E-state index contributed by atoms with van der Waals surface area (Å²) < 4.78 is 11.0. The summed E-state index contributed by atoms with van der Waals surface area (Å²) in [5.74, 6) is 0.299. The van der Waals surface area contributed by atoms with Crippen molar-refractivity contribution in [1.29, 1.82) is 0 Å². The minimum atomic E-state index is -0.796. The van der Waals surface area contributed by atoms with Gasteiger partial charge in [-0.05, 0) is 36.2 Å². The number of hydrogen-bond acceptors (Lipinski definition) is 12. The molecular formula is C28H31N9O3S. The first-order chi connectivity index (χ1) is 20.1. The number of para-hydroxylation sites is 1. The van der Waals surface area contributed by atoms with Crippen LogP contribution in [0.3, 0.4) is 0 Å². The molecule has 2 atom stereocenters. The SMILES string of the molecule is COC1CN(c2cccc([C@@H](OC)C(=O)Nc3nnc(N(c4ccccc4)[C@@H]4CCN(c5nccnn5)C4)s3)c2)C1. The first-order valence-electron chi connectivity index (χ1n) is 13.4. The Labute approximate surface area is 241 Å². The molecule has 2 fully saturated rings. The van der Waals surface area contributed by atoms with Gasteiger partial charge >= 0.3 is 0 Å². The maximum absolute atomic E-state index is 13.3. The lowest BCUT2D eigenvalue weighted by atomic mass is 10.0. The van der Waals surface area contributed by atoms with Crippen LogP contribution in [0.1, 0.15) is 18.1 Å². The first-order valence-corrected chi connectivity index (χ1v) is 14.2. The van der Waals surface area contributed by atoms with E-state index in [0.717, 1.165) is 43.0 Å². The van der Waals surface area contributed by atoms with Crippen molar-refractivity contribution in [1.82, 2.24) is 25.4 Å². The third kappa shape index (κ3) is 5.82. The second kappa shape index (κ2) is 12.1. The fraction of sp³-hybridized carbons (Fsp3) is 0.357. The summed E-state index contributed by atoms with van der Waals surface area (Å²) in [6, 6.07) is 18.0. The van der Waals surface area contributed by atoms with E-state index < -0.39 is 6.10 Å². The van der Waals surface area contributed by atoms with E-state index in [1.165, 1.54) is 18.4 Å². The summed E-state index contributed by atoms with van der Waals surface area (Å²) in [4.78, 5) is 24.2. The van der Waals surface area contributed by atoms with Gasteiger partial charge in [-0.3, -0.25) is 10.1 Å². The van der Waals surface area contributed by atoms with E-state index >= 15 is 0 Å². The largest absolute Gasteiger partial charge is 0.378 e. The molecule has 0 spiro atoms. The van der Waals surface area contributed by atoms with E-state index in [0.29, 0.717) is 22.8 Å². The molecule has 4 aromatic rings. The quantitative estimate of drug-likeness (QED) is 0.301. The van der Waals surface area contributed by atoms with E-state index in [2.05, 4.69) is 45.4 Å². The zero-order chi connectivity index (χ0) is 28.2. The van der Waals surface area contributed by atoms with Crippen molar-refractivity contribution in [2.24, 2.45) is 0 Å². The monoisotopic (exact) mass is 573 g/mol. The Morgan fingerprint density at radius 1 is 1.02 bits per heavy atom. The topological polar surface area (TPSA) is 122 Å². The highest BCUT2D eigenvalue weighted by atomic mass is 32.1. The van der Waals surface area contributed by atoms with Crippen LogP contribution < -0.4 is 20.0 Å². The summed E-state index contributed by atoms with van der Waals surface area (Å²) in [5.41, 5.74) is 2.79. The van der Waals surface area contributed by atoms with Crippen molar-refractivity contribution in [3.8, 4) is 0 Å². The molecule has 0 aliphatic carbocycles. The second-order valence-corrected chi connectivity index (χ2v) is 10.8. The molecule has 2 aromatic carbocycles. The Bertz CT molecular complexity index is 1450. The molecular weight excluding hydrogens is 542 g/mol. The average molecular weight is 574 g/mol. The highest BCUT2D eigenvalue weighted by molar-refractivity contribution is 7.19. The average Bonchev–Trinajstić information content (AvgIpc) is 3.65. The highest BCUT2D eigenvalue weighted by Gasteiger charge is 2.33. The normalized spacial score (nSPS) is 17.8. The van der Waals surface area contributed by atoms with Gasteiger partial charge in [0.05, 0.1) is 24.5 Å². The zero-order valence-electron chi connectivity index (χ0n) is 22.8. The minimum Gasteiger partial charge on any atom is -0.378 e. The van der Waals surface area contributed by atoms with Gasteiger partial charge in [-0.2, -0.15) is 5.10 Å². The molecule has 1 amide bonds. The van der Waals surface area contributed by atoms with Gasteiger partial charge in [-0.15, -0.1) is 15.3 Å². The number of hydrogen-bond donors (Lipinski definition) is 1. The third-order valence-corrected chi connectivity index (χ3v) is 8.20. The molecule has 12 nitrogen and oxygen atoms in total. The Morgan fingerprint density at radius 2 is 1.88 bits per heavy atom. The van der Waals surface area contributed by atoms with Gasteiger partial charge in [-0.25, -0.2) is 4.98 Å². The van der Waals surface area contributed by atoms with Crippen molar-refractivity contribution < 1.29 is 14.3 Å². The molecule has 2 aromatic heterocycles. The van der Waals surface area contributed by atoms with Gasteiger partial charge in [-0.1, -0.05) is 41.7 Å².